The molecule has 102 heavy (non-hydrogen) atoms. The molecule has 0 aliphatic rings. The van der Waals surface area contributed by atoms with E-state index in [1.54, 1.807) is 0 Å². The number of aliphatic hydroxyl groups is 1. The SMILES string of the molecule is CC/C=C\C/C=C\C/C=C\C/C=C\C/C=C\CCCC(=O)OC(COC(=O)CCCCCCCC/C=C\C/C=C\C/C=C\CCCCC)COP(=O)(O)OCC(O)COP(=O)(O)OCC(COC(=O)CCCCCCC/C=C\CCCCCCCC)OC(=O)CCCCCCC/C=C\CCCC. The Morgan fingerprint density at radius 1 is 0.284 bits per heavy atom. The monoisotopic (exact) mass is 1470 g/mol. The molecular formula is C83H142O17P2. The molecule has 0 aliphatic carbocycles. The molecule has 0 saturated carbocycles. The summed E-state index contributed by atoms with van der Waals surface area (Å²) in [5.74, 6) is -2.27. The van der Waals surface area contributed by atoms with Crippen LogP contribution >= 0.6 is 15.6 Å². The Kier molecular flexibility index (Phi) is 71.4. The van der Waals surface area contributed by atoms with Crippen molar-refractivity contribution in [2.24, 2.45) is 0 Å². The number of ether oxygens (including phenoxy) is 4. The molecule has 19 heteroatoms. The van der Waals surface area contributed by atoms with E-state index in [-0.39, 0.29) is 25.7 Å². The number of hydrogen-bond donors (Lipinski definition) is 3. The minimum Gasteiger partial charge on any atom is -0.462 e. The lowest BCUT2D eigenvalue weighted by Crippen LogP contribution is -2.30. The van der Waals surface area contributed by atoms with Crippen LogP contribution in [-0.4, -0.2) is 96.7 Å². The van der Waals surface area contributed by atoms with Crippen LogP contribution in [0.2, 0.25) is 0 Å². The molecule has 5 unspecified atom stereocenters. The Labute approximate surface area is 619 Å². The lowest BCUT2D eigenvalue weighted by Gasteiger charge is -2.21. The fraction of sp³-hybridized carbons (Fsp3) is 0.711. The van der Waals surface area contributed by atoms with E-state index in [9.17, 15) is 43.2 Å². The van der Waals surface area contributed by atoms with Gasteiger partial charge >= 0.3 is 39.5 Å². The van der Waals surface area contributed by atoms with Crippen LogP contribution in [0.3, 0.4) is 0 Å². The Balaban J connectivity index is 5.40. The van der Waals surface area contributed by atoms with Gasteiger partial charge in [-0.1, -0.05) is 271 Å². The molecule has 0 rings (SSSR count). The maximum atomic E-state index is 13.1. The number of hydrogen-bond acceptors (Lipinski definition) is 15. The highest BCUT2D eigenvalue weighted by Gasteiger charge is 2.30. The first-order chi connectivity index (χ1) is 49.7. The maximum absolute atomic E-state index is 13.1. The van der Waals surface area contributed by atoms with Crippen molar-refractivity contribution in [2.75, 3.05) is 39.6 Å². The average molecular weight is 1470 g/mol. The van der Waals surface area contributed by atoms with Gasteiger partial charge in [0.1, 0.15) is 19.3 Å². The van der Waals surface area contributed by atoms with Gasteiger partial charge in [0.15, 0.2) is 12.2 Å². The summed E-state index contributed by atoms with van der Waals surface area (Å²) in [6.45, 7) is 4.60. The molecule has 0 spiro atoms. The third-order valence-corrected chi connectivity index (χ3v) is 18.3. The summed E-state index contributed by atoms with van der Waals surface area (Å²) in [5.41, 5.74) is 0. The minimum atomic E-state index is -5.00. The molecule has 0 aromatic rings. The second-order valence-electron chi connectivity index (χ2n) is 26.3. The fourth-order valence-corrected chi connectivity index (χ4v) is 11.9. The van der Waals surface area contributed by atoms with Crippen LogP contribution in [0.5, 0.6) is 0 Å². The predicted octanol–water partition coefficient (Wildman–Crippen LogP) is 23.1. The second-order valence-corrected chi connectivity index (χ2v) is 29.2. The zero-order chi connectivity index (χ0) is 74.6. The normalized spacial score (nSPS) is 14.5. The van der Waals surface area contributed by atoms with E-state index >= 15 is 0 Å². The van der Waals surface area contributed by atoms with Crippen molar-refractivity contribution in [3.05, 3.63) is 122 Å². The zero-order valence-corrected chi connectivity index (χ0v) is 65.8. The van der Waals surface area contributed by atoms with Gasteiger partial charge in [0.05, 0.1) is 26.4 Å². The van der Waals surface area contributed by atoms with E-state index in [0.29, 0.717) is 32.1 Å². The van der Waals surface area contributed by atoms with Crippen LogP contribution in [0.1, 0.15) is 323 Å². The number of phosphoric acid groups is 2. The minimum absolute atomic E-state index is 0.0111. The molecular weight excluding hydrogens is 1330 g/mol. The first-order valence-electron chi connectivity index (χ1n) is 39.8. The van der Waals surface area contributed by atoms with Crippen LogP contribution in [0, 0.1) is 0 Å². The van der Waals surface area contributed by atoms with Crippen molar-refractivity contribution < 1.29 is 80.2 Å². The summed E-state index contributed by atoms with van der Waals surface area (Å²) in [4.78, 5) is 72.9. The van der Waals surface area contributed by atoms with Gasteiger partial charge in [-0.05, 0) is 148 Å². The number of phosphoric ester groups is 2. The van der Waals surface area contributed by atoms with Crippen LogP contribution in [-0.2, 0) is 65.4 Å². The van der Waals surface area contributed by atoms with E-state index in [2.05, 4.69) is 137 Å². The molecule has 17 nitrogen and oxygen atoms in total. The van der Waals surface area contributed by atoms with Crippen molar-refractivity contribution in [2.45, 2.75) is 341 Å². The fourth-order valence-electron chi connectivity index (χ4n) is 10.3. The van der Waals surface area contributed by atoms with Crippen molar-refractivity contribution >= 4 is 39.5 Å². The molecule has 5 atom stereocenters. The largest absolute Gasteiger partial charge is 0.472 e. The summed E-state index contributed by atoms with van der Waals surface area (Å²) in [7, 11) is -9.98. The van der Waals surface area contributed by atoms with Gasteiger partial charge in [0.2, 0.25) is 0 Å². The van der Waals surface area contributed by atoms with E-state index in [1.807, 2.05) is 12.2 Å². The van der Waals surface area contributed by atoms with Gasteiger partial charge < -0.3 is 33.8 Å². The topological polar surface area (TPSA) is 237 Å². The molecule has 0 fully saturated rings. The molecule has 0 radical (unpaired) electrons. The summed E-state index contributed by atoms with van der Waals surface area (Å²) in [6, 6.07) is 0. The Hall–Kier alpha value is -4.54. The van der Waals surface area contributed by atoms with Crippen molar-refractivity contribution in [3.63, 3.8) is 0 Å². The molecule has 0 aliphatic heterocycles. The van der Waals surface area contributed by atoms with Crippen LogP contribution in [0.25, 0.3) is 0 Å². The van der Waals surface area contributed by atoms with E-state index < -0.39 is 97.5 Å². The molecule has 586 valence electrons. The molecule has 0 aromatic carbocycles. The molecule has 3 N–H and O–H groups in total. The van der Waals surface area contributed by atoms with Gasteiger partial charge in [0.25, 0.3) is 0 Å². The van der Waals surface area contributed by atoms with Gasteiger partial charge in [0, 0.05) is 25.7 Å². The van der Waals surface area contributed by atoms with Gasteiger partial charge in [-0.25, -0.2) is 9.13 Å². The number of rotatable bonds is 74. The van der Waals surface area contributed by atoms with E-state index in [1.165, 1.54) is 70.6 Å². The molecule has 0 saturated heterocycles. The quantitative estimate of drug-likeness (QED) is 0.0169. The summed E-state index contributed by atoms with van der Waals surface area (Å²) in [6.07, 6.45) is 81.9. The van der Waals surface area contributed by atoms with Gasteiger partial charge in [-0.15, -0.1) is 0 Å². The standard InChI is InChI=1S/C83H142O17P2/c1-5-9-13-17-21-25-29-32-35-37-38-40-42-45-49-52-56-60-64-68-81(86)94-74-79(100-83(88)70-66-62-58-54-50-46-43-39-36-33-30-26-22-18-14-10-6-2)76-98-102(91,92)96-72-77(84)71-95-101(89,90)97-75-78(99-82(87)69-65-61-57-53-47-28-24-20-16-12-8-4)73-93-80(85)67-63-59-55-51-48-44-41-34-31-27-23-19-15-11-7-3/h10,14,20-22,24-26,32-36,38,40-41,43,46,54,58,77-79,84H,5-9,11-13,15-19,23,27-31,37,39,42,44-45,47-53,55-57,59-76H2,1-4H3,(H,89,90)(H,91,92)/b14-10-,24-20-,25-21-,26-22-,35-32-,36-33-,40-38-,41-34-,46-43-,58-54-. The van der Waals surface area contributed by atoms with Gasteiger partial charge in [-0.2, -0.15) is 0 Å². The number of esters is 4. The summed E-state index contributed by atoms with van der Waals surface area (Å²) in [5, 5.41) is 10.6. The molecule has 0 heterocycles. The van der Waals surface area contributed by atoms with Gasteiger partial charge in [-0.3, -0.25) is 37.3 Å². The number of aliphatic hydroxyl groups excluding tert-OH is 1. The number of carbonyl (C=O) groups is 4. The average Bonchev–Trinajstić information content (AvgIpc) is 0.927. The Morgan fingerprint density at radius 2 is 0.529 bits per heavy atom. The van der Waals surface area contributed by atoms with Crippen molar-refractivity contribution in [3.8, 4) is 0 Å². The van der Waals surface area contributed by atoms with Crippen molar-refractivity contribution in [1.29, 1.82) is 0 Å². The molecule has 0 bridgehead atoms. The lowest BCUT2D eigenvalue weighted by atomic mass is 10.1. The number of carbonyl (C=O) groups excluding carboxylic acids is 4. The van der Waals surface area contributed by atoms with E-state index in [4.69, 9.17) is 37.0 Å². The first kappa shape index (κ1) is 97.5. The Morgan fingerprint density at radius 3 is 0.882 bits per heavy atom. The highest BCUT2D eigenvalue weighted by atomic mass is 31.2. The predicted molar refractivity (Wildman–Crippen MR) is 418 cm³/mol. The lowest BCUT2D eigenvalue weighted by molar-refractivity contribution is -0.161. The maximum Gasteiger partial charge on any atom is 0.472 e. The second kappa shape index (κ2) is 74.7. The smallest absolute Gasteiger partial charge is 0.462 e. The third-order valence-electron chi connectivity index (χ3n) is 16.4. The first-order valence-corrected chi connectivity index (χ1v) is 42.8. The van der Waals surface area contributed by atoms with E-state index in [0.717, 1.165) is 167 Å². The molecule has 0 aromatic heterocycles. The highest BCUT2D eigenvalue weighted by Crippen LogP contribution is 2.45. The molecule has 0 amide bonds. The highest BCUT2D eigenvalue weighted by molar-refractivity contribution is 7.47. The van der Waals surface area contributed by atoms with Crippen LogP contribution in [0.15, 0.2) is 122 Å². The van der Waals surface area contributed by atoms with Crippen LogP contribution in [0.4, 0.5) is 0 Å². The number of unbranched alkanes of at least 4 members (excludes halogenated alkanes) is 28. The summed E-state index contributed by atoms with van der Waals surface area (Å²) >= 11 is 0. The van der Waals surface area contributed by atoms with Crippen LogP contribution < -0.4 is 0 Å². The Bertz CT molecular complexity index is 2410. The van der Waals surface area contributed by atoms with Crippen molar-refractivity contribution in [1.82, 2.24) is 0 Å². The summed E-state index contributed by atoms with van der Waals surface area (Å²) < 4.78 is 68.5. The third kappa shape index (κ3) is 73.8. The zero-order valence-electron chi connectivity index (χ0n) is 64.0. The number of allylic oxidation sites excluding steroid dienone is 20.